The summed E-state index contributed by atoms with van der Waals surface area (Å²) in [4.78, 5) is -0.117. The number of ether oxygens (including phenoxy) is 1. The van der Waals surface area contributed by atoms with Crippen molar-refractivity contribution in [1.29, 1.82) is 0 Å². The first-order valence-corrected chi connectivity index (χ1v) is 6.33. The van der Waals surface area contributed by atoms with Crippen molar-refractivity contribution in [2.45, 2.75) is 4.90 Å². The molecule has 0 amide bonds. The first-order chi connectivity index (χ1) is 7.45. The number of sulfonamides is 1. The molecule has 0 unspecified atom stereocenters. The van der Waals surface area contributed by atoms with Crippen molar-refractivity contribution in [3.63, 3.8) is 0 Å². The minimum atomic E-state index is -3.81. The number of amidine groups is 1. The average Bonchev–Trinajstić information content (AvgIpc) is 2.15. The first kappa shape index (κ1) is 11.3. The molecular formula is C8H6BrFN2O3S. The van der Waals surface area contributed by atoms with E-state index in [9.17, 15) is 12.8 Å². The predicted molar refractivity (Wildman–Crippen MR) is 60.1 cm³/mol. The molecule has 0 bridgehead atoms. The van der Waals surface area contributed by atoms with Gasteiger partial charge in [0.1, 0.15) is 10.6 Å². The maximum atomic E-state index is 13.3. The van der Waals surface area contributed by atoms with Crippen LogP contribution in [0.1, 0.15) is 0 Å². The fourth-order valence-corrected chi connectivity index (χ4v) is 3.12. The Balaban J connectivity index is 2.78. The fourth-order valence-electron chi connectivity index (χ4n) is 1.35. The standard InChI is InChI=1S/C8H6BrFN2O3S/c1-15-7-4(10)2-3-5-6(7)11-8(9)12-16(5,13)14/h2-3H,1H3,(H,11,12). The van der Waals surface area contributed by atoms with Gasteiger partial charge < -0.3 is 10.1 Å². The Morgan fingerprint density at radius 1 is 1.50 bits per heavy atom. The Labute approximate surface area is 99.5 Å². The number of anilines is 1. The van der Waals surface area contributed by atoms with Crippen LogP contribution in [-0.4, -0.2) is 20.3 Å². The summed E-state index contributed by atoms with van der Waals surface area (Å²) in [5.74, 6) is -0.806. The van der Waals surface area contributed by atoms with Crippen molar-refractivity contribution in [3.8, 4) is 5.75 Å². The van der Waals surface area contributed by atoms with E-state index in [-0.39, 0.29) is 21.1 Å². The highest BCUT2D eigenvalue weighted by Crippen LogP contribution is 2.37. The highest BCUT2D eigenvalue weighted by molar-refractivity contribution is 9.18. The smallest absolute Gasteiger partial charge is 0.286 e. The molecule has 0 aromatic heterocycles. The van der Waals surface area contributed by atoms with E-state index in [0.29, 0.717) is 0 Å². The van der Waals surface area contributed by atoms with Crippen LogP contribution in [0.4, 0.5) is 10.1 Å². The summed E-state index contributed by atoms with van der Waals surface area (Å²) >= 11 is 2.90. The summed E-state index contributed by atoms with van der Waals surface area (Å²) in [6.07, 6.45) is 0. The zero-order valence-electron chi connectivity index (χ0n) is 7.99. The Kier molecular flexibility index (Phi) is 2.62. The molecular weight excluding hydrogens is 303 g/mol. The van der Waals surface area contributed by atoms with E-state index in [2.05, 4.69) is 25.6 Å². The number of nitrogens with one attached hydrogen (secondary N) is 1. The monoisotopic (exact) mass is 308 g/mol. The van der Waals surface area contributed by atoms with Crippen LogP contribution >= 0.6 is 15.9 Å². The Morgan fingerprint density at radius 3 is 2.81 bits per heavy atom. The van der Waals surface area contributed by atoms with Gasteiger partial charge in [-0.15, -0.1) is 4.40 Å². The second-order valence-corrected chi connectivity index (χ2v) is 5.26. The minimum Gasteiger partial charge on any atom is -0.492 e. The predicted octanol–water partition coefficient (Wildman–Crippen LogP) is 1.70. The van der Waals surface area contributed by atoms with Gasteiger partial charge in [0.25, 0.3) is 10.0 Å². The SMILES string of the molecule is COc1c(F)ccc2c1NC(Br)=NS2(=O)=O. The van der Waals surface area contributed by atoms with Crippen LogP contribution in [-0.2, 0) is 10.0 Å². The van der Waals surface area contributed by atoms with E-state index in [1.807, 2.05) is 0 Å². The van der Waals surface area contributed by atoms with Gasteiger partial charge in [-0.05, 0) is 28.1 Å². The molecule has 1 aliphatic rings. The van der Waals surface area contributed by atoms with Crippen LogP contribution in [0, 0.1) is 5.82 Å². The lowest BCUT2D eigenvalue weighted by Gasteiger charge is -2.17. The summed E-state index contributed by atoms with van der Waals surface area (Å²) in [5.41, 5.74) is 0.0457. The molecule has 0 aliphatic carbocycles. The zero-order chi connectivity index (χ0) is 11.9. The number of methoxy groups -OCH3 is 1. The molecule has 16 heavy (non-hydrogen) atoms. The number of benzene rings is 1. The minimum absolute atomic E-state index is 0.0103. The van der Waals surface area contributed by atoms with E-state index in [0.717, 1.165) is 12.1 Å². The van der Waals surface area contributed by atoms with Gasteiger partial charge in [0, 0.05) is 0 Å². The summed E-state index contributed by atoms with van der Waals surface area (Å²) in [6.45, 7) is 0. The summed E-state index contributed by atoms with van der Waals surface area (Å²) in [7, 11) is -2.55. The lowest BCUT2D eigenvalue weighted by atomic mass is 10.3. The van der Waals surface area contributed by atoms with Crippen LogP contribution in [0.3, 0.4) is 0 Å². The van der Waals surface area contributed by atoms with Gasteiger partial charge in [-0.1, -0.05) is 0 Å². The quantitative estimate of drug-likeness (QED) is 0.802. The number of fused-ring (bicyclic) bond motifs is 1. The van der Waals surface area contributed by atoms with Crippen LogP contribution in [0.15, 0.2) is 21.4 Å². The van der Waals surface area contributed by atoms with Crippen molar-refractivity contribution in [2.24, 2.45) is 4.40 Å². The molecule has 1 aromatic rings. The van der Waals surface area contributed by atoms with E-state index >= 15 is 0 Å². The lowest BCUT2D eigenvalue weighted by Crippen LogP contribution is -2.17. The highest BCUT2D eigenvalue weighted by atomic mass is 79.9. The van der Waals surface area contributed by atoms with Gasteiger partial charge in [-0.3, -0.25) is 0 Å². The maximum absolute atomic E-state index is 13.3. The Hall–Kier alpha value is -1.15. The number of nitrogens with zero attached hydrogens (tertiary/aromatic N) is 1. The van der Waals surface area contributed by atoms with E-state index in [1.165, 1.54) is 7.11 Å². The molecule has 0 spiro atoms. The molecule has 1 aromatic carbocycles. The van der Waals surface area contributed by atoms with Gasteiger partial charge >= 0.3 is 0 Å². The number of hydrogen-bond acceptors (Lipinski definition) is 4. The van der Waals surface area contributed by atoms with Crippen molar-refractivity contribution >= 4 is 36.4 Å². The number of halogens is 2. The Morgan fingerprint density at radius 2 is 2.19 bits per heavy atom. The molecule has 0 saturated heterocycles. The normalized spacial score (nSPS) is 17.1. The summed E-state index contributed by atoms with van der Waals surface area (Å²) < 4.78 is 44.8. The second kappa shape index (κ2) is 3.70. The molecule has 1 N–H and O–H groups in total. The third kappa shape index (κ3) is 1.67. The van der Waals surface area contributed by atoms with Gasteiger partial charge in [0.15, 0.2) is 16.3 Å². The topological polar surface area (TPSA) is 67.8 Å². The highest BCUT2D eigenvalue weighted by Gasteiger charge is 2.28. The molecule has 0 fully saturated rings. The molecule has 86 valence electrons. The molecule has 8 heteroatoms. The largest absolute Gasteiger partial charge is 0.492 e. The molecule has 0 saturated carbocycles. The van der Waals surface area contributed by atoms with Gasteiger partial charge in [-0.25, -0.2) is 4.39 Å². The maximum Gasteiger partial charge on any atom is 0.286 e. The van der Waals surface area contributed by atoms with Gasteiger partial charge in [-0.2, -0.15) is 8.42 Å². The van der Waals surface area contributed by atoms with Crippen molar-refractivity contribution in [1.82, 2.24) is 0 Å². The third-order valence-electron chi connectivity index (χ3n) is 1.98. The van der Waals surface area contributed by atoms with Crippen LogP contribution < -0.4 is 10.1 Å². The van der Waals surface area contributed by atoms with Gasteiger partial charge in [0.05, 0.1) is 7.11 Å². The molecule has 1 aliphatic heterocycles. The first-order valence-electron chi connectivity index (χ1n) is 4.09. The Bertz CT molecular complexity index is 585. The van der Waals surface area contributed by atoms with Crippen molar-refractivity contribution < 1.29 is 17.5 Å². The van der Waals surface area contributed by atoms with Crippen LogP contribution in [0.25, 0.3) is 0 Å². The average molecular weight is 309 g/mol. The molecule has 2 rings (SSSR count). The van der Waals surface area contributed by atoms with Crippen molar-refractivity contribution in [3.05, 3.63) is 17.9 Å². The van der Waals surface area contributed by atoms with E-state index in [4.69, 9.17) is 4.74 Å². The summed E-state index contributed by atoms with van der Waals surface area (Å²) in [6, 6.07) is 2.16. The van der Waals surface area contributed by atoms with E-state index in [1.54, 1.807) is 0 Å². The van der Waals surface area contributed by atoms with Gasteiger partial charge in [0.2, 0.25) is 0 Å². The number of rotatable bonds is 1. The van der Waals surface area contributed by atoms with Crippen LogP contribution in [0.5, 0.6) is 5.75 Å². The number of hydrogen-bond donors (Lipinski definition) is 1. The lowest BCUT2D eigenvalue weighted by molar-refractivity contribution is 0.387. The molecule has 0 radical (unpaired) electrons. The fraction of sp³-hybridized carbons (Fsp3) is 0.125. The van der Waals surface area contributed by atoms with E-state index < -0.39 is 15.8 Å². The van der Waals surface area contributed by atoms with Crippen LogP contribution in [0.2, 0.25) is 0 Å². The molecule has 1 heterocycles. The third-order valence-corrected chi connectivity index (χ3v) is 3.91. The molecule has 5 nitrogen and oxygen atoms in total. The zero-order valence-corrected chi connectivity index (χ0v) is 10.4. The molecule has 0 atom stereocenters. The van der Waals surface area contributed by atoms with Crippen molar-refractivity contribution in [2.75, 3.05) is 12.4 Å². The second-order valence-electron chi connectivity index (χ2n) is 2.94. The summed E-state index contributed by atoms with van der Waals surface area (Å²) in [5, 5.41) is 2.60.